The molecule has 0 aromatic carbocycles. The third kappa shape index (κ3) is 3.08. The van der Waals surface area contributed by atoms with Crippen LogP contribution in [0.5, 0.6) is 0 Å². The van der Waals surface area contributed by atoms with E-state index in [9.17, 15) is 8.42 Å². The van der Waals surface area contributed by atoms with Crippen LogP contribution in [0, 0.1) is 0 Å². The number of anilines is 1. The van der Waals surface area contributed by atoms with Gasteiger partial charge in [0.05, 0.1) is 17.3 Å². The molecule has 0 bridgehead atoms. The largest absolute Gasteiger partial charge is 0.363 e. The standard InChI is InChI=1S/C13H16ClN5O2S/c14-12-7-11(22(20,21)19-5-1-2-6-19)9-16-13(12)15-8-10-3-4-17-18-10/h3-4,7,9H,1-2,5-6,8H2,(H,15,16)(H,17,18). The fourth-order valence-electron chi connectivity index (χ4n) is 2.33. The molecule has 1 fully saturated rings. The molecule has 0 atom stereocenters. The highest BCUT2D eigenvalue weighted by molar-refractivity contribution is 7.89. The van der Waals surface area contributed by atoms with E-state index < -0.39 is 10.0 Å². The van der Waals surface area contributed by atoms with Crippen molar-refractivity contribution in [2.75, 3.05) is 18.4 Å². The number of rotatable bonds is 5. The van der Waals surface area contributed by atoms with E-state index in [2.05, 4.69) is 20.5 Å². The van der Waals surface area contributed by atoms with E-state index in [1.54, 1.807) is 6.20 Å². The second kappa shape index (κ2) is 6.23. The van der Waals surface area contributed by atoms with Gasteiger partial charge in [0.15, 0.2) is 0 Å². The van der Waals surface area contributed by atoms with Crippen LogP contribution in [0.2, 0.25) is 5.02 Å². The normalized spacial score (nSPS) is 16.0. The Hall–Kier alpha value is -1.64. The van der Waals surface area contributed by atoms with Crippen molar-refractivity contribution < 1.29 is 8.42 Å². The summed E-state index contributed by atoms with van der Waals surface area (Å²) in [5.74, 6) is 0.441. The Labute approximate surface area is 133 Å². The van der Waals surface area contributed by atoms with E-state index >= 15 is 0 Å². The Kier molecular flexibility index (Phi) is 4.32. The third-order valence-electron chi connectivity index (χ3n) is 3.52. The van der Waals surface area contributed by atoms with Crippen molar-refractivity contribution in [3.05, 3.63) is 35.2 Å². The van der Waals surface area contributed by atoms with Gasteiger partial charge >= 0.3 is 0 Å². The highest BCUT2D eigenvalue weighted by atomic mass is 35.5. The van der Waals surface area contributed by atoms with Crippen molar-refractivity contribution in [3.63, 3.8) is 0 Å². The van der Waals surface area contributed by atoms with Gasteiger partial charge in [-0.2, -0.15) is 9.40 Å². The number of pyridine rings is 1. The zero-order chi connectivity index (χ0) is 15.6. The fourth-order valence-corrected chi connectivity index (χ4v) is 4.12. The van der Waals surface area contributed by atoms with Crippen LogP contribution in [0.1, 0.15) is 18.5 Å². The van der Waals surface area contributed by atoms with Gasteiger partial charge in [-0.05, 0) is 25.0 Å². The van der Waals surface area contributed by atoms with Crippen LogP contribution in [0.4, 0.5) is 5.82 Å². The number of sulfonamides is 1. The Balaban J connectivity index is 1.76. The number of nitrogens with zero attached hydrogens (tertiary/aromatic N) is 3. The molecule has 1 aliphatic heterocycles. The van der Waals surface area contributed by atoms with Gasteiger partial charge in [-0.25, -0.2) is 13.4 Å². The molecule has 0 unspecified atom stereocenters. The molecule has 0 amide bonds. The van der Waals surface area contributed by atoms with Crippen molar-refractivity contribution >= 4 is 27.4 Å². The van der Waals surface area contributed by atoms with Gasteiger partial charge in [-0.1, -0.05) is 11.6 Å². The summed E-state index contributed by atoms with van der Waals surface area (Å²) in [4.78, 5) is 4.26. The first-order valence-electron chi connectivity index (χ1n) is 6.95. The number of hydrogen-bond donors (Lipinski definition) is 2. The maximum absolute atomic E-state index is 12.4. The molecular weight excluding hydrogens is 326 g/mol. The number of aromatic amines is 1. The van der Waals surface area contributed by atoms with Gasteiger partial charge in [-0.3, -0.25) is 5.10 Å². The molecule has 1 aliphatic rings. The second-order valence-electron chi connectivity index (χ2n) is 5.05. The van der Waals surface area contributed by atoms with E-state index in [1.165, 1.54) is 16.6 Å². The van der Waals surface area contributed by atoms with Gasteiger partial charge in [0, 0.05) is 25.5 Å². The third-order valence-corrected chi connectivity index (χ3v) is 5.68. The first kappa shape index (κ1) is 15.3. The maximum Gasteiger partial charge on any atom is 0.244 e. The van der Waals surface area contributed by atoms with Crippen molar-refractivity contribution in [1.82, 2.24) is 19.5 Å². The van der Waals surface area contributed by atoms with Crippen LogP contribution in [-0.2, 0) is 16.6 Å². The fraction of sp³-hybridized carbons (Fsp3) is 0.385. The van der Waals surface area contributed by atoms with Crippen LogP contribution in [-0.4, -0.2) is 41.0 Å². The molecular formula is C13H16ClN5O2S. The minimum Gasteiger partial charge on any atom is -0.363 e. The molecule has 7 nitrogen and oxygen atoms in total. The molecule has 2 aromatic heterocycles. The summed E-state index contributed by atoms with van der Waals surface area (Å²) in [7, 11) is -3.49. The van der Waals surface area contributed by atoms with Gasteiger partial charge in [0.1, 0.15) is 10.7 Å². The van der Waals surface area contributed by atoms with E-state index in [-0.39, 0.29) is 9.92 Å². The topological polar surface area (TPSA) is 91.0 Å². The van der Waals surface area contributed by atoms with E-state index in [1.807, 2.05) is 6.07 Å². The SMILES string of the molecule is O=S(=O)(c1cnc(NCc2ccn[nH]2)c(Cl)c1)N1CCCC1. The number of hydrogen-bond acceptors (Lipinski definition) is 5. The predicted molar refractivity (Wildman–Crippen MR) is 83.2 cm³/mol. The summed E-state index contributed by atoms with van der Waals surface area (Å²) < 4.78 is 26.3. The predicted octanol–water partition coefficient (Wildman–Crippen LogP) is 1.85. The number of nitrogens with one attached hydrogen (secondary N) is 2. The monoisotopic (exact) mass is 341 g/mol. The lowest BCUT2D eigenvalue weighted by Gasteiger charge is -2.16. The number of H-pyrrole nitrogens is 1. The summed E-state index contributed by atoms with van der Waals surface area (Å²) in [6, 6.07) is 3.27. The lowest BCUT2D eigenvalue weighted by molar-refractivity contribution is 0.477. The first-order valence-corrected chi connectivity index (χ1v) is 8.77. The summed E-state index contributed by atoms with van der Waals surface area (Å²) in [5.41, 5.74) is 0.881. The van der Waals surface area contributed by atoms with Gasteiger partial charge in [0.2, 0.25) is 10.0 Å². The Morgan fingerprint density at radius 1 is 1.36 bits per heavy atom. The molecule has 118 valence electrons. The van der Waals surface area contributed by atoms with Gasteiger partial charge in [-0.15, -0.1) is 0 Å². The average Bonchev–Trinajstić information content (AvgIpc) is 3.19. The summed E-state index contributed by atoms with van der Waals surface area (Å²) in [6.45, 7) is 1.59. The smallest absolute Gasteiger partial charge is 0.244 e. The van der Waals surface area contributed by atoms with Crippen LogP contribution in [0.15, 0.2) is 29.4 Å². The van der Waals surface area contributed by atoms with E-state index in [0.717, 1.165) is 18.5 Å². The molecule has 1 saturated heterocycles. The van der Waals surface area contributed by atoms with Gasteiger partial charge in [0.25, 0.3) is 0 Å². The summed E-state index contributed by atoms with van der Waals surface area (Å²) in [6.07, 6.45) is 4.78. The van der Waals surface area contributed by atoms with Crippen molar-refractivity contribution in [1.29, 1.82) is 0 Å². The minimum absolute atomic E-state index is 0.131. The Bertz CT molecular complexity index is 742. The molecule has 0 saturated carbocycles. The molecule has 9 heteroatoms. The lowest BCUT2D eigenvalue weighted by Crippen LogP contribution is -2.28. The highest BCUT2D eigenvalue weighted by Gasteiger charge is 2.28. The molecule has 0 spiro atoms. The van der Waals surface area contributed by atoms with E-state index in [4.69, 9.17) is 11.6 Å². The van der Waals surface area contributed by atoms with Crippen LogP contribution in [0.3, 0.4) is 0 Å². The van der Waals surface area contributed by atoms with Crippen molar-refractivity contribution in [3.8, 4) is 0 Å². The maximum atomic E-state index is 12.4. The lowest BCUT2D eigenvalue weighted by atomic mass is 10.4. The highest BCUT2D eigenvalue weighted by Crippen LogP contribution is 2.26. The molecule has 2 N–H and O–H groups in total. The molecule has 0 radical (unpaired) electrons. The second-order valence-corrected chi connectivity index (χ2v) is 7.39. The quantitative estimate of drug-likeness (QED) is 0.866. The van der Waals surface area contributed by atoms with Crippen molar-refractivity contribution in [2.45, 2.75) is 24.3 Å². The number of aromatic nitrogens is 3. The molecule has 0 aliphatic carbocycles. The van der Waals surface area contributed by atoms with Crippen LogP contribution >= 0.6 is 11.6 Å². The summed E-state index contributed by atoms with van der Waals surface area (Å²) >= 11 is 6.15. The average molecular weight is 342 g/mol. The van der Waals surface area contributed by atoms with Gasteiger partial charge < -0.3 is 5.32 Å². The molecule has 2 aromatic rings. The van der Waals surface area contributed by atoms with Crippen LogP contribution < -0.4 is 5.32 Å². The first-order chi connectivity index (χ1) is 10.6. The molecule has 22 heavy (non-hydrogen) atoms. The van der Waals surface area contributed by atoms with Crippen molar-refractivity contribution in [2.24, 2.45) is 0 Å². The summed E-state index contributed by atoms with van der Waals surface area (Å²) in [5, 5.41) is 9.98. The molecule has 3 rings (SSSR count). The van der Waals surface area contributed by atoms with E-state index in [0.29, 0.717) is 25.5 Å². The minimum atomic E-state index is -3.49. The number of halogens is 1. The Morgan fingerprint density at radius 3 is 2.77 bits per heavy atom. The Morgan fingerprint density at radius 2 is 2.14 bits per heavy atom. The zero-order valence-electron chi connectivity index (χ0n) is 11.8. The molecule has 3 heterocycles. The zero-order valence-corrected chi connectivity index (χ0v) is 13.4. The van der Waals surface area contributed by atoms with Crippen LogP contribution in [0.25, 0.3) is 0 Å².